The molecule has 60 valence electrons. The van der Waals surface area contributed by atoms with Gasteiger partial charge in [-0.2, -0.15) is 0 Å². The fourth-order valence-corrected chi connectivity index (χ4v) is 0.774. The first-order chi connectivity index (χ1) is 4.81. The van der Waals surface area contributed by atoms with Gasteiger partial charge < -0.3 is 0 Å². The van der Waals surface area contributed by atoms with Gasteiger partial charge in [-0.05, 0) is 6.42 Å². The summed E-state index contributed by atoms with van der Waals surface area (Å²) in [6, 6.07) is 0. The van der Waals surface area contributed by atoms with Gasteiger partial charge in [-0.3, -0.25) is 16.1 Å². The summed E-state index contributed by atoms with van der Waals surface area (Å²) in [5.41, 5.74) is 2.34. The zero-order valence-corrected chi connectivity index (χ0v) is 6.52. The largest absolute Gasteiger partial charge is 0.298 e. The highest BCUT2D eigenvalue weighted by Gasteiger charge is 1.97. The Labute approximate surface area is 62.0 Å². The van der Waals surface area contributed by atoms with Crippen LogP contribution in [0, 0.1) is 0 Å². The Morgan fingerprint density at radius 2 is 2.20 bits per heavy atom. The number of carbonyl (C=O) groups excluding carboxylic acids is 1. The van der Waals surface area contributed by atoms with E-state index in [1.54, 1.807) is 0 Å². The molecule has 10 heavy (non-hydrogen) atoms. The molecule has 0 aliphatic rings. The molecule has 3 nitrogen and oxygen atoms in total. The topological polar surface area (TPSA) is 55.1 Å². The van der Waals surface area contributed by atoms with Crippen LogP contribution >= 0.6 is 0 Å². The van der Waals surface area contributed by atoms with Crippen molar-refractivity contribution in [2.24, 2.45) is 5.84 Å². The molecule has 0 spiro atoms. The monoisotopic (exact) mass is 144 g/mol. The van der Waals surface area contributed by atoms with Crippen molar-refractivity contribution >= 4 is 5.78 Å². The summed E-state index contributed by atoms with van der Waals surface area (Å²) >= 11 is 0. The highest BCUT2D eigenvalue weighted by Crippen LogP contribution is 1.98. The Morgan fingerprint density at radius 1 is 1.50 bits per heavy atom. The van der Waals surface area contributed by atoms with E-state index >= 15 is 0 Å². The van der Waals surface area contributed by atoms with E-state index < -0.39 is 0 Å². The Kier molecular flexibility index (Phi) is 6.43. The van der Waals surface area contributed by atoms with E-state index in [4.69, 9.17) is 5.84 Å². The van der Waals surface area contributed by atoms with Gasteiger partial charge in [0.25, 0.3) is 0 Å². The minimum absolute atomic E-state index is 0.205. The first kappa shape index (κ1) is 9.59. The number of hydrogen-bond acceptors (Lipinski definition) is 3. The van der Waals surface area contributed by atoms with Crippen LogP contribution in [-0.4, -0.2) is 12.3 Å². The molecule has 0 fully saturated rings. The van der Waals surface area contributed by atoms with Crippen LogP contribution in [0.3, 0.4) is 0 Å². The molecule has 0 aliphatic carbocycles. The van der Waals surface area contributed by atoms with Crippen molar-refractivity contribution in [3.8, 4) is 0 Å². The number of unbranched alkanes of at least 4 members (excludes halogenated alkanes) is 2. The van der Waals surface area contributed by atoms with Crippen molar-refractivity contribution < 1.29 is 4.79 Å². The number of carbonyl (C=O) groups is 1. The fourth-order valence-electron chi connectivity index (χ4n) is 0.774. The molecule has 0 aliphatic heterocycles. The lowest BCUT2D eigenvalue weighted by atomic mass is 10.1. The van der Waals surface area contributed by atoms with E-state index in [1.165, 1.54) is 0 Å². The summed E-state index contributed by atoms with van der Waals surface area (Å²) in [6.45, 7) is 2.43. The van der Waals surface area contributed by atoms with Crippen LogP contribution in [0.1, 0.15) is 32.6 Å². The maximum atomic E-state index is 10.8. The van der Waals surface area contributed by atoms with Crippen LogP contribution < -0.4 is 11.3 Å². The van der Waals surface area contributed by atoms with Crippen molar-refractivity contribution in [3.05, 3.63) is 0 Å². The van der Waals surface area contributed by atoms with Crippen LogP contribution in [0.15, 0.2) is 0 Å². The molecule has 3 N–H and O–H groups in total. The highest BCUT2D eigenvalue weighted by molar-refractivity contribution is 5.80. The molecule has 0 atom stereocenters. The average molecular weight is 144 g/mol. The predicted octanol–water partition coefficient (Wildman–Crippen LogP) is 0.599. The zero-order chi connectivity index (χ0) is 7.82. The Bertz CT molecular complexity index is 93.6. The molecule has 3 heteroatoms. The second kappa shape index (κ2) is 6.71. The van der Waals surface area contributed by atoms with E-state index in [9.17, 15) is 4.79 Å². The summed E-state index contributed by atoms with van der Waals surface area (Å²) in [7, 11) is 0. The second-order valence-corrected chi connectivity index (χ2v) is 2.38. The molecule has 0 saturated heterocycles. The minimum atomic E-state index is 0.205. The molecular weight excluding hydrogens is 128 g/mol. The van der Waals surface area contributed by atoms with Crippen molar-refractivity contribution in [3.63, 3.8) is 0 Å². The standard InChI is InChI=1S/C7H16N2O/c1-2-3-4-5-7(10)6-9-8/h9H,2-6,8H2,1H3. The molecule has 0 radical (unpaired) electrons. The van der Waals surface area contributed by atoms with Gasteiger partial charge in [0.1, 0.15) is 5.78 Å². The van der Waals surface area contributed by atoms with Gasteiger partial charge in [0.15, 0.2) is 0 Å². The Hall–Kier alpha value is -0.410. The van der Waals surface area contributed by atoms with Gasteiger partial charge in [0.2, 0.25) is 0 Å². The summed E-state index contributed by atoms with van der Waals surface area (Å²) < 4.78 is 0. The fraction of sp³-hybridized carbons (Fsp3) is 0.857. The van der Waals surface area contributed by atoms with E-state index in [-0.39, 0.29) is 5.78 Å². The molecule has 0 bridgehead atoms. The molecule has 0 aromatic carbocycles. The lowest BCUT2D eigenvalue weighted by Gasteiger charge is -1.97. The molecule has 0 rings (SSSR count). The Morgan fingerprint density at radius 3 is 2.70 bits per heavy atom. The van der Waals surface area contributed by atoms with Gasteiger partial charge in [-0.1, -0.05) is 19.8 Å². The highest BCUT2D eigenvalue weighted by atomic mass is 16.1. The van der Waals surface area contributed by atoms with Gasteiger partial charge in [0, 0.05) is 6.42 Å². The summed E-state index contributed by atoms with van der Waals surface area (Å²) in [5, 5.41) is 0. The smallest absolute Gasteiger partial charge is 0.148 e. The quantitative estimate of drug-likeness (QED) is 0.326. The van der Waals surface area contributed by atoms with E-state index in [0.29, 0.717) is 13.0 Å². The van der Waals surface area contributed by atoms with Gasteiger partial charge >= 0.3 is 0 Å². The van der Waals surface area contributed by atoms with E-state index in [0.717, 1.165) is 19.3 Å². The third-order valence-electron chi connectivity index (χ3n) is 1.36. The van der Waals surface area contributed by atoms with Gasteiger partial charge in [-0.15, -0.1) is 0 Å². The van der Waals surface area contributed by atoms with Crippen LogP contribution in [0.5, 0.6) is 0 Å². The number of nitrogens with two attached hydrogens (primary N) is 1. The first-order valence-electron chi connectivity index (χ1n) is 3.76. The molecule has 0 aromatic heterocycles. The maximum absolute atomic E-state index is 10.8. The maximum Gasteiger partial charge on any atom is 0.148 e. The predicted molar refractivity (Wildman–Crippen MR) is 41.3 cm³/mol. The number of hydrogen-bond donors (Lipinski definition) is 2. The molecular formula is C7H16N2O. The Balaban J connectivity index is 3.05. The lowest BCUT2D eigenvalue weighted by molar-refractivity contribution is -0.118. The van der Waals surface area contributed by atoms with Crippen LogP contribution in [0.4, 0.5) is 0 Å². The average Bonchev–Trinajstić information content (AvgIpc) is 1.89. The van der Waals surface area contributed by atoms with Crippen molar-refractivity contribution in [2.75, 3.05) is 6.54 Å². The van der Waals surface area contributed by atoms with Crippen LogP contribution in [0.2, 0.25) is 0 Å². The van der Waals surface area contributed by atoms with Crippen molar-refractivity contribution in [1.82, 2.24) is 5.43 Å². The van der Waals surface area contributed by atoms with Crippen molar-refractivity contribution in [1.29, 1.82) is 0 Å². The number of ketones is 1. The lowest BCUT2D eigenvalue weighted by Crippen LogP contribution is -2.28. The van der Waals surface area contributed by atoms with Crippen LogP contribution in [-0.2, 0) is 4.79 Å². The normalized spacial score (nSPS) is 9.80. The minimum Gasteiger partial charge on any atom is -0.298 e. The van der Waals surface area contributed by atoms with E-state index in [2.05, 4.69) is 12.3 Å². The SMILES string of the molecule is CCCCCC(=O)CNN. The van der Waals surface area contributed by atoms with Gasteiger partial charge in [0.05, 0.1) is 6.54 Å². The molecule has 0 unspecified atom stereocenters. The second-order valence-electron chi connectivity index (χ2n) is 2.38. The van der Waals surface area contributed by atoms with Gasteiger partial charge in [-0.25, -0.2) is 0 Å². The van der Waals surface area contributed by atoms with Crippen molar-refractivity contribution in [2.45, 2.75) is 32.6 Å². The zero-order valence-electron chi connectivity index (χ0n) is 6.52. The molecule has 0 saturated carbocycles. The molecule has 0 heterocycles. The summed E-state index contributed by atoms with van der Waals surface area (Å²) in [5.74, 6) is 5.17. The third kappa shape index (κ3) is 5.72. The molecule has 0 aromatic rings. The first-order valence-corrected chi connectivity index (χ1v) is 3.76. The number of rotatable bonds is 6. The number of nitrogens with one attached hydrogen (secondary N) is 1. The van der Waals surface area contributed by atoms with Crippen LogP contribution in [0.25, 0.3) is 0 Å². The number of hydrazine groups is 1. The van der Waals surface area contributed by atoms with E-state index in [1.807, 2.05) is 0 Å². The molecule has 0 amide bonds. The summed E-state index contributed by atoms with van der Waals surface area (Å²) in [4.78, 5) is 10.8. The summed E-state index contributed by atoms with van der Waals surface area (Å²) in [6.07, 6.45) is 3.95. The number of Topliss-reactive ketones (excluding diaryl/α,β-unsaturated/α-hetero) is 1. The third-order valence-corrected chi connectivity index (χ3v) is 1.36.